The largest absolute Gasteiger partial charge is 0.344 e. The Morgan fingerprint density at radius 2 is 1.66 bits per heavy atom. The third-order valence-electron chi connectivity index (χ3n) is 3.92. The van der Waals surface area contributed by atoms with E-state index in [9.17, 15) is 14.4 Å². The number of amides is 3. The van der Waals surface area contributed by atoms with Crippen molar-refractivity contribution in [3.8, 4) is 0 Å². The van der Waals surface area contributed by atoms with Crippen molar-refractivity contribution in [1.29, 1.82) is 0 Å². The Morgan fingerprint density at radius 1 is 0.966 bits per heavy atom. The standard InChI is InChI=1S/C20H16Cl2N4O3/c1-2-9-23-19(28)20(29)25-26-16-8-5-14(22)10-12(16)11-17(26)18(27)24-15-6-3-13(21)4-7-15/h2-8,10-11H,1,9H2,(H,23,28)(H,24,27)(H,25,29). The minimum Gasteiger partial charge on any atom is -0.344 e. The second-order valence-corrected chi connectivity index (χ2v) is 6.84. The molecule has 0 unspecified atom stereocenters. The van der Waals surface area contributed by atoms with Crippen LogP contribution in [0, 0.1) is 0 Å². The first kappa shape index (κ1) is 20.4. The Labute approximate surface area is 176 Å². The third kappa shape index (κ3) is 4.77. The van der Waals surface area contributed by atoms with Gasteiger partial charge in [0.2, 0.25) is 0 Å². The Morgan fingerprint density at radius 3 is 2.34 bits per heavy atom. The van der Waals surface area contributed by atoms with Crippen molar-refractivity contribution in [3.63, 3.8) is 0 Å². The number of anilines is 1. The van der Waals surface area contributed by atoms with Gasteiger partial charge < -0.3 is 10.6 Å². The van der Waals surface area contributed by atoms with Crippen LogP contribution >= 0.6 is 23.2 Å². The van der Waals surface area contributed by atoms with Crippen molar-refractivity contribution >= 4 is 57.5 Å². The van der Waals surface area contributed by atoms with Crippen molar-refractivity contribution in [2.75, 3.05) is 17.3 Å². The normalized spacial score (nSPS) is 10.4. The number of hydrogen-bond donors (Lipinski definition) is 3. The molecule has 0 aliphatic rings. The lowest BCUT2D eigenvalue weighted by atomic mass is 10.2. The van der Waals surface area contributed by atoms with Gasteiger partial charge in [-0.3, -0.25) is 19.8 Å². The molecule has 3 amide bonds. The lowest BCUT2D eigenvalue weighted by molar-refractivity contribution is -0.136. The van der Waals surface area contributed by atoms with E-state index >= 15 is 0 Å². The summed E-state index contributed by atoms with van der Waals surface area (Å²) in [6, 6.07) is 13.0. The smallest absolute Gasteiger partial charge is 0.328 e. The van der Waals surface area contributed by atoms with E-state index in [0.29, 0.717) is 26.6 Å². The van der Waals surface area contributed by atoms with Gasteiger partial charge in [-0.1, -0.05) is 29.3 Å². The monoisotopic (exact) mass is 430 g/mol. The van der Waals surface area contributed by atoms with Gasteiger partial charge in [-0.25, -0.2) is 4.68 Å². The molecule has 0 fully saturated rings. The SMILES string of the molecule is C=CCNC(=O)C(=O)Nn1c(C(=O)Nc2ccc(Cl)cc2)cc2cc(Cl)ccc21. The molecule has 0 saturated carbocycles. The molecule has 0 radical (unpaired) electrons. The van der Waals surface area contributed by atoms with Crippen LogP contribution in [0.5, 0.6) is 0 Å². The first-order valence-corrected chi connectivity index (χ1v) is 9.22. The molecule has 0 aliphatic heterocycles. The van der Waals surface area contributed by atoms with Crippen molar-refractivity contribution in [2.45, 2.75) is 0 Å². The molecule has 0 aliphatic carbocycles. The van der Waals surface area contributed by atoms with Crippen LogP contribution < -0.4 is 16.1 Å². The highest BCUT2D eigenvalue weighted by atomic mass is 35.5. The number of fused-ring (bicyclic) bond motifs is 1. The molecule has 7 nitrogen and oxygen atoms in total. The fourth-order valence-electron chi connectivity index (χ4n) is 2.60. The molecule has 3 aromatic rings. The third-order valence-corrected chi connectivity index (χ3v) is 4.41. The molecular formula is C20H16Cl2N4O3. The first-order chi connectivity index (χ1) is 13.9. The highest BCUT2D eigenvalue weighted by molar-refractivity contribution is 6.38. The maximum absolute atomic E-state index is 12.8. The van der Waals surface area contributed by atoms with Gasteiger partial charge in [0.15, 0.2) is 0 Å². The van der Waals surface area contributed by atoms with E-state index in [1.807, 2.05) is 0 Å². The number of nitrogens with one attached hydrogen (secondary N) is 3. The van der Waals surface area contributed by atoms with Gasteiger partial charge in [-0.2, -0.15) is 0 Å². The minimum absolute atomic E-state index is 0.113. The number of halogens is 2. The Kier molecular flexibility index (Phi) is 6.21. The molecular weight excluding hydrogens is 415 g/mol. The summed E-state index contributed by atoms with van der Waals surface area (Å²) in [6.07, 6.45) is 1.45. The molecule has 1 aromatic heterocycles. The van der Waals surface area contributed by atoms with Gasteiger partial charge in [-0.15, -0.1) is 6.58 Å². The number of benzene rings is 2. The second-order valence-electron chi connectivity index (χ2n) is 5.97. The van der Waals surface area contributed by atoms with Gasteiger partial charge >= 0.3 is 11.8 Å². The van der Waals surface area contributed by atoms with Crippen LogP contribution in [-0.4, -0.2) is 28.9 Å². The molecule has 3 N–H and O–H groups in total. The van der Waals surface area contributed by atoms with Crippen molar-refractivity contribution in [1.82, 2.24) is 9.99 Å². The molecule has 2 aromatic carbocycles. The van der Waals surface area contributed by atoms with E-state index in [2.05, 4.69) is 22.6 Å². The number of hydrogen-bond acceptors (Lipinski definition) is 3. The lowest BCUT2D eigenvalue weighted by Crippen LogP contribution is -2.39. The summed E-state index contributed by atoms with van der Waals surface area (Å²) in [7, 11) is 0. The molecule has 0 spiro atoms. The van der Waals surface area contributed by atoms with Gasteiger partial charge in [0, 0.05) is 27.7 Å². The molecule has 9 heteroatoms. The number of aromatic nitrogens is 1. The summed E-state index contributed by atoms with van der Waals surface area (Å²) in [5.74, 6) is -2.28. The molecule has 148 valence electrons. The van der Waals surface area contributed by atoms with Crippen molar-refractivity contribution in [2.24, 2.45) is 0 Å². The number of carbonyl (C=O) groups excluding carboxylic acids is 3. The summed E-state index contributed by atoms with van der Waals surface area (Å²) in [5.41, 5.74) is 3.58. The molecule has 0 bridgehead atoms. The Balaban J connectivity index is 1.94. The highest BCUT2D eigenvalue weighted by Gasteiger charge is 2.20. The molecule has 1 heterocycles. The first-order valence-electron chi connectivity index (χ1n) is 8.47. The fraction of sp³-hybridized carbons (Fsp3) is 0.0500. The maximum Gasteiger partial charge on any atom is 0.328 e. The van der Waals surface area contributed by atoms with E-state index in [0.717, 1.165) is 0 Å². The van der Waals surface area contributed by atoms with Crippen LogP contribution in [0.2, 0.25) is 10.0 Å². The summed E-state index contributed by atoms with van der Waals surface area (Å²) in [6.45, 7) is 3.61. The van der Waals surface area contributed by atoms with E-state index in [4.69, 9.17) is 23.2 Å². The predicted octanol–water partition coefficient (Wildman–Crippen LogP) is 3.57. The quantitative estimate of drug-likeness (QED) is 0.426. The van der Waals surface area contributed by atoms with E-state index in [-0.39, 0.29) is 12.2 Å². The average Bonchev–Trinajstić information content (AvgIpc) is 3.05. The van der Waals surface area contributed by atoms with Gasteiger partial charge in [0.25, 0.3) is 5.91 Å². The van der Waals surface area contributed by atoms with Crippen LogP contribution in [0.4, 0.5) is 5.69 Å². The van der Waals surface area contributed by atoms with Crippen molar-refractivity contribution in [3.05, 3.63) is 76.9 Å². The summed E-state index contributed by atoms with van der Waals surface area (Å²) >= 11 is 11.9. The maximum atomic E-state index is 12.8. The topological polar surface area (TPSA) is 92.2 Å². The van der Waals surface area contributed by atoms with E-state index < -0.39 is 17.7 Å². The van der Waals surface area contributed by atoms with Crippen LogP contribution in [0.15, 0.2) is 61.2 Å². The van der Waals surface area contributed by atoms with Crippen LogP contribution in [0.1, 0.15) is 10.5 Å². The Hall–Kier alpha value is -3.29. The van der Waals surface area contributed by atoms with Gasteiger partial charge in [0.05, 0.1) is 5.52 Å². The zero-order valence-corrected chi connectivity index (χ0v) is 16.6. The summed E-state index contributed by atoms with van der Waals surface area (Å²) in [4.78, 5) is 37.0. The number of carbonyl (C=O) groups is 3. The summed E-state index contributed by atoms with van der Waals surface area (Å²) < 4.78 is 1.24. The molecule has 0 atom stereocenters. The Bertz CT molecular complexity index is 1110. The zero-order valence-electron chi connectivity index (χ0n) is 15.0. The molecule has 29 heavy (non-hydrogen) atoms. The highest BCUT2D eigenvalue weighted by Crippen LogP contribution is 2.24. The van der Waals surface area contributed by atoms with Crippen LogP contribution in [0.25, 0.3) is 10.9 Å². The molecule has 3 rings (SSSR count). The fourth-order valence-corrected chi connectivity index (χ4v) is 2.91. The minimum atomic E-state index is -0.931. The number of rotatable bonds is 5. The average molecular weight is 431 g/mol. The van der Waals surface area contributed by atoms with Crippen LogP contribution in [0.3, 0.4) is 0 Å². The summed E-state index contributed by atoms with van der Waals surface area (Å²) in [5, 5.41) is 6.72. The molecule has 0 saturated heterocycles. The van der Waals surface area contributed by atoms with Gasteiger partial charge in [-0.05, 0) is 48.5 Å². The van der Waals surface area contributed by atoms with E-state index in [1.54, 1.807) is 48.5 Å². The number of nitrogens with zero attached hydrogens (tertiary/aromatic N) is 1. The van der Waals surface area contributed by atoms with Crippen LogP contribution in [-0.2, 0) is 9.59 Å². The lowest BCUT2D eigenvalue weighted by Gasteiger charge is -2.12. The van der Waals surface area contributed by atoms with Crippen molar-refractivity contribution < 1.29 is 14.4 Å². The second kappa shape index (κ2) is 8.81. The zero-order chi connectivity index (χ0) is 21.0. The van der Waals surface area contributed by atoms with E-state index in [1.165, 1.54) is 10.8 Å². The predicted molar refractivity (Wildman–Crippen MR) is 114 cm³/mol. The van der Waals surface area contributed by atoms with Gasteiger partial charge in [0.1, 0.15) is 5.69 Å².